The van der Waals surface area contributed by atoms with Crippen LogP contribution in [0.25, 0.3) is 0 Å². The molecule has 1 aliphatic carbocycles. The van der Waals surface area contributed by atoms with Crippen LogP contribution in [0.5, 0.6) is 0 Å². The maximum Gasteiger partial charge on any atom is 0.349 e. The minimum atomic E-state index is -1.15. The van der Waals surface area contributed by atoms with Crippen molar-refractivity contribution in [3.8, 4) is 0 Å². The van der Waals surface area contributed by atoms with Gasteiger partial charge in [0.2, 0.25) is 0 Å². The number of rotatable bonds is 6. The van der Waals surface area contributed by atoms with Crippen LogP contribution in [0.15, 0.2) is 34.9 Å². The molecule has 160 valence electrons. The van der Waals surface area contributed by atoms with Gasteiger partial charge in [-0.1, -0.05) is 19.3 Å². The minimum Gasteiger partial charge on any atom is -0.459 e. The van der Waals surface area contributed by atoms with Crippen molar-refractivity contribution in [2.45, 2.75) is 51.2 Å². The van der Waals surface area contributed by atoms with E-state index in [0.29, 0.717) is 5.00 Å². The average molecular weight is 433 g/mol. The van der Waals surface area contributed by atoms with E-state index in [1.54, 1.807) is 12.1 Å². The summed E-state index contributed by atoms with van der Waals surface area (Å²) in [5, 5.41) is 8.00. The van der Waals surface area contributed by atoms with Crippen molar-refractivity contribution in [1.29, 1.82) is 0 Å². The van der Waals surface area contributed by atoms with Crippen molar-refractivity contribution in [2.75, 3.05) is 5.32 Å². The van der Waals surface area contributed by atoms with E-state index in [9.17, 15) is 19.2 Å². The zero-order valence-electron chi connectivity index (χ0n) is 16.4. The lowest BCUT2D eigenvalue weighted by Gasteiger charge is -2.23. The normalized spacial score (nSPS) is 15.1. The van der Waals surface area contributed by atoms with Gasteiger partial charge in [-0.25, -0.2) is 9.59 Å². The molecule has 3 N–H and O–H groups in total. The molecule has 1 aliphatic rings. The molecule has 2 aromatic rings. The quantitative estimate of drug-likeness (QED) is 0.600. The Morgan fingerprint density at radius 2 is 1.90 bits per heavy atom. The highest BCUT2D eigenvalue weighted by atomic mass is 32.1. The van der Waals surface area contributed by atoms with Gasteiger partial charge in [-0.2, -0.15) is 0 Å². The summed E-state index contributed by atoms with van der Waals surface area (Å²) in [5.74, 6) is -1.74. The fourth-order valence-electron chi connectivity index (χ4n) is 3.05. The molecule has 3 rings (SSSR count). The number of anilines is 1. The number of hydrogen-bond donors (Lipinski definition) is 3. The van der Waals surface area contributed by atoms with E-state index < -0.39 is 29.9 Å². The summed E-state index contributed by atoms with van der Waals surface area (Å²) in [6.07, 6.45) is 5.27. The Morgan fingerprint density at radius 3 is 2.60 bits per heavy atom. The van der Waals surface area contributed by atoms with Gasteiger partial charge in [-0.05, 0) is 44.0 Å². The lowest BCUT2D eigenvalue weighted by atomic mass is 9.96. The standard InChI is InChI=1S/C20H23N3O6S/c1-12(17(24)23-20(27)21-13-6-3-2-4-7-13)29-19(26)15-9-10-16(30-15)22-18(25)14-8-5-11-28-14/h5,8-13H,2-4,6-7H2,1H3,(H,22,25)(H2,21,23,24,27). The molecule has 2 aromatic heterocycles. The second kappa shape index (κ2) is 10.1. The van der Waals surface area contributed by atoms with Crippen LogP contribution in [0.4, 0.5) is 9.80 Å². The molecule has 1 saturated carbocycles. The van der Waals surface area contributed by atoms with Crippen molar-refractivity contribution in [2.24, 2.45) is 0 Å². The summed E-state index contributed by atoms with van der Waals surface area (Å²) >= 11 is 0.998. The Kier molecular flexibility index (Phi) is 7.23. The third-order valence-electron chi connectivity index (χ3n) is 4.62. The molecule has 1 unspecified atom stereocenters. The molecule has 30 heavy (non-hydrogen) atoms. The van der Waals surface area contributed by atoms with Crippen LogP contribution in [0.2, 0.25) is 0 Å². The smallest absolute Gasteiger partial charge is 0.349 e. The zero-order valence-corrected chi connectivity index (χ0v) is 17.3. The monoisotopic (exact) mass is 433 g/mol. The third kappa shape index (κ3) is 5.93. The van der Waals surface area contributed by atoms with E-state index in [1.165, 1.54) is 25.3 Å². The Hall–Kier alpha value is -3.14. The van der Waals surface area contributed by atoms with Gasteiger partial charge in [0.1, 0.15) is 4.88 Å². The average Bonchev–Trinajstić information content (AvgIpc) is 3.40. The van der Waals surface area contributed by atoms with Gasteiger partial charge in [-0.3, -0.25) is 14.9 Å². The molecular formula is C20H23N3O6S. The first-order chi connectivity index (χ1) is 14.4. The first-order valence-electron chi connectivity index (χ1n) is 9.69. The SMILES string of the molecule is CC(OC(=O)c1ccc(NC(=O)c2ccco2)s1)C(=O)NC(=O)NC1CCCCC1. The van der Waals surface area contributed by atoms with Crippen molar-refractivity contribution in [3.63, 3.8) is 0 Å². The lowest BCUT2D eigenvalue weighted by molar-refractivity contribution is -0.127. The van der Waals surface area contributed by atoms with Crippen LogP contribution in [-0.2, 0) is 9.53 Å². The van der Waals surface area contributed by atoms with Gasteiger partial charge in [-0.15, -0.1) is 11.3 Å². The predicted molar refractivity (Wildman–Crippen MR) is 109 cm³/mol. The largest absolute Gasteiger partial charge is 0.459 e. The second-order valence-electron chi connectivity index (χ2n) is 6.94. The van der Waals surface area contributed by atoms with Crippen LogP contribution < -0.4 is 16.0 Å². The van der Waals surface area contributed by atoms with Gasteiger partial charge in [0, 0.05) is 6.04 Å². The molecule has 4 amide bonds. The maximum absolute atomic E-state index is 12.3. The third-order valence-corrected chi connectivity index (χ3v) is 5.60. The number of thiophene rings is 1. The molecule has 2 heterocycles. The lowest BCUT2D eigenvalue weighted by Crippen LogP contribution is -2.48. The molecule has 0 spiro atoms. The summed E-state index contributed by atoms with van der Waals surface area (Å²) in [6.45, 7) is 1.38. The Bertz CT molecular complexity index is 902. The van der Waals surface area contributed by atoms with Gasteiger partial charge >= 0.3 is 12.0 Å². The highest BCUT2D eigenvalue weighted by molar-refractivity contribution is 7.18. The van der Waals surface area contributed by atoms with Crippen molar-refractivity contribution < 1.29 is 28.3 Å². The Morgan fingerprint density at radius 1 is 1.13 bits per heavy atom. The van der Waals surface area contributed by atoms with E-state index >= 15 is 0 Å². The van der Waals surface area contributed by atoms with Crippen molar-refractivity contribution in [3.05, 3.63) is 41.2 Å². The van der Waals surface area contributed by atoms with Crippen molar-refractivity contribution in [1.82, 2.24) is 10.6 Å². The van der Waals surface area contributed by atoms with Crippen LogP contribution >= 0.6 is 11.3 Å². The highest BCUT2D eigenvalue weighted by Crippen LogP contribution is 2.24. The van der Waals surface area contributed by atoms with Crippen LogP contribution in [0, 0.1) is 0 Å². The number of amides is 4. The summed E-state index contributed by atoms with van der Waals surface area (Å²) in [6, 6.07) is 5.60. The Balaban J connectivity index is 1.46. The fraction of sp³-hybridized carbons (Fsp3) is 0.400. The maximum atomic E-state index is 12.3. The van der Waals surface area contributed by atoms with Crippen LogP contribution in [0.1, 0.15) is 59.3 Å². The Labute approximate surface area is 177 Å². The number of nitrogens with one attached hydrogen (secondary N) is 3. The molecule has 0 bridgehead atoms. The van der Waals surface area contributed by atoms with Gasteiger partial charge in [0.15, 0.2) is 11.9 Å². The number of urea groups is 1. The summed E-state index contributed by atoms with van der Waals surface area (Å²) in [4.78, 5) is 48.5. The van der Waals surface area contributed by atoms with Gasteiger partial charge in [0.05, 0.1) is 11.3 Å². The second-order valence-corrected chi connectivity index (χ2v) is 8.02. The fourth-order valence-corrected chi connectivity index (χ4v) is 3.83. The van der Waals surface area contributed by atoms with Crippen LogP contribution in [-0.4, -0.2) is 36.0 Å². The number of esters is 1. The topological polar surface area (TPSA) is 127 Å². The molecule has 0 radical (unpaired) electrons. The van der Waals surface area contributed by atoms with E-state index in [1.807, 2.05) is 0 Å². The molecule has 10 heteroatoms. The molecule has 1 atom stereocenters. The highest BCUT2D eigenvalue weighted by Gasteiger charge is 2.23. The zero-order chi connectivity index (χ0) is 21.5. The molecule has 9 nitrogen and oxygen atoms in total. The number of furan rings is 1. The summed E-state index contributed by atoms with van der Waals surface area (Å²) in [7, 11) is 0. The number of ether oxygens (including phenoxy) is 1. The number of carbonyl (C=O) groups is 4. The molecule has 1 fully saturated rings. The molecule has 0 aromatic carbocycles. The first kappa shape index (κ1) is 21.6. The van der Waals surface area contributed by atoms with Gasteiger partial charge in [0.25, 0.3) is 11.8 Å². The van der Waals surface area contributed by atoms with Gasteiger partial charge < -0.3 is 19.8 Å². The molecule has 0 aliphatic heterocycles. The predicted octanol–water partition coefficient (Wildman–Crippen LogP) is 3.30. The molecular weight excluding hydrogens is 410 g/mol. The van der Waals surface area contributed by atoms with Crippen LogP contribution in [0.3, 0.4) is 0 Å². The summed E-state index contributed by atoms with van der Waals surface area (Å²) in [5.41, 5.74) is 0. The van der Waals surface area contributed by atoms with E-state index in [2.05, 4.69) is 16.0 Å². The van der Waals surface area contributed by atoms with Crippen molar-refractivity contribution >= 4 is 40.2 Å². The summed E-state index contributed by atoms with van der Waals surface area (Å²) < 4.78 is 10.1. The number of imide groups is 1. The molecule has 0 saturated heterocycles. The minimum absolute atomic E-state index is 0.0605. The van der Waals surface area contributed by atoms with E-state index in [-0.39, 0.29) is 16.7 Å². The van der Waals surface area contributed by atoms with E-state index in [0.717, 1.165) is 43.4 Å². The first-order valence-corrected chi connectivity index (χ1v) is 10.5. The number of carbonyl (C=O) groups excluding carboxylic acids is 4. The number of hydrogen-bond acceptors (Lipinski definition) is 7. The van der Waals surface area contributed by atoms with E-state index in [4.69, 9.17) is 9.15 Å².